The second-order valence-electron chi connectivity index (χ2n) is 3.81. The molecule has 0 aliphatic heterocycles. The van der Waals surface area contributed by atoms with E-state index in [4.69, 9.17) is 5.11 Å². The topological polar surface area (TPSA) is 66.4 Å². The first-order valence-electron chi connectivity index (χ1n) is 5.23. The zero-order valence-electron chi connectivity index (χ0n) is 9.44. The van der Waals surface area contributed by atoms with Crippen LogP contribution in [0.25, 0.3) is 0 Å². The average molecular weight is 239 g/mol. The first-order valence-corrected chi connectivity index (χ1v) is 5.23. The summed E-state index contributed by atoms with van der Waals surface area (Å²) in [6, 6.07) is 6.21. The Bertz CT molecular complexity index is 420. The van der Waals surface area contributed by atoms with Gasteiger partial charge in [-0.05, 0) is 18.1 Å². The van der Waals surface area contributed by atoms with E-state index < -0.39 is 24.3 Å². The highest BCUT2D eigenvalue weighted by molar-refractivity contribution is 5.82. The van der Waals surface area contributed by atoms with Gasteiger partial charge in [-0.2, -0.15) is 0 Å². The number of carbonyl (C=O) groups is 2. The highest BCUT2D eigenvalue weighted by Crippen LogP contribution is 2.12. The lowest BCUT2D eigenvalue weighted by Gasteiger charge is -2.11. The van der Waals surface area contributed by atoms with Crippen LogP contribution in [0.15, 0.2) is 24.3 Å². The summed E-state index contributed by atoms with van der Waals surface area (Å²) in [4.78, 5) is 21.7. The number of hydrogen-bond donors (Lipinski definition) is 2. The second kappa shape index (κ2) is 5.98. The molecule has 0 saturated heterocycles. The van der Waals surface area contributed by atoms with Gasteiger partial charge in [-0.15, -0.1) is 0 Å². The first kappa shape index (κ1) is 13.2. The van der Waals surface area contributed by atoms with E-state index in [9.17, 15) is 14.0 Å². The van der Waals surface area contributed by atoms with Crippen molar-refractivity contribution in [1.82, 2.24) is 5.32 Å². The van der Waals surface area contributed by atoms with Gasteiger partial charge in [-0.1, -0.05) is 25.1 Å². The van der Waals surface area contributed by atoms with E-state index >= 15 is 0 Å². The Kier molecular flexibility index (Phi) is 4.63. The second-order valence-corrected chi connectivity index (χ2v) is 3.81. The molecule has 0 heterocycles. The molecule has 0 aliphatic rings. The number of nitrogens with one attached hydrogen (secondary N) is 1. The van der Waals surface area contributed by atoms with Crippen LogP contribution in [0.2, 0.25) is 0 Å². The molecule has 1 amide bonds. The average Bonchev–Trinajstić information content (AvgIpc) is 2.28. The highest BCUT2D eigenvalue weighted by Gasteiger charge is 2.15. The van der Waals surface area contributed by atoms with Crippen LogP contribution in [0, 0.1) is 11.7 Å². The lowest BCUT2D eigenvalue weighted by molar-refractivity contribution is -0.138. The number of amides is 1. The van der Waals surface area contributed by atoms with Crippen molar-refractivity contribution in [3.63, 3.8) is 0 Å². The molecule has 17 heavy (non-hydrogen) atoms. The van der Waals surface area contributed by atoms with Gasteiger partial charge >= 0.3 is 5.97 Å². The van der Waals surface area contributed by atoms with E-state index in [2.05, 4.69) is 5.32 Å². The first-order chi connectivity index (χ1) is 8.00. The molecule has 5 heteroatoms. The molecule has 0 aromatic heterocycles. The summed E-state index contributed by atoms with van der Waals surface area (Å²) in [5.41, 5.74) is 0.450. The Balaban J connectivity index is 2.54. The number of halogens is 1. The van der Waals surface area contributed by atoms with Crippen molar-refractivity contribution in [2.24, 2.45) is 5.92 Å². The molecule has 92 valence electrons. The maximum absolute atomic E-state index is 13.3. The van der Waals surface area contributed by atoms with Gasteiger partial charge in [0.25, 0.3) is 0 Å². The van der Waals surface area contributed by atoms with Gasteiger partial charge < -0.3 is 10.4 Å². The molecule has 0 fully saturated rings. The third kappa shape index (κ3) is 4.22. The third-order valence-corrected chi connectivity index (χ3v) is 2.35. The van der Waals surface area contributed by atoms with Crippen molar-refractivity contribution >= 4 is 11.9 Å². The van der Waals surface area contributed by atoms with E-state index in [0.29, 0.717) is 5.56 Å². The Hall–Kier alpha value is -1.91. The molecule has 1 rings (SSSR count). The molecule has 0 radical (unpaired) electrons. The molecule has 0 spiro atoms. The van der Waals surface area contributed by atoms with Gasteiger partial charge in [0.05, 0.1) is 0 Å². The fourth-order valence-electron chi connectivity index (χ4n) is 1.42. The zero-order valence-corrected chi connectivity index (χ0v) is 9.44. The Morgan fingerprint density at radius 3 is 2.65 bits per heavy atom. The monoisotopic (exact) mass is 239 g/mol. The van der Waals surface area contributed by atoms with Crippen LogP contribution in [0.4, 0.5) is 4.39 Å². The van der Waals surface area contributed by atoms with E-state index in [1.807, 2.05) is 0 Å². The number of hydrogen-bond acceptors (Lipinski definition) is 2. The predicted molar refractivity (Wildman–Crippen MR) is 59.9 cm³/mol. The highest BCUT2D eigenvalue weighted by atomic mass is 19.1. The van der Waals surface area contributed by atoms with E-state index in [0.717, 1.165) is 0 Å². The number of benzene rings is 1. The molecular formula is C12H14FNO3. The van der Waals surface area contributed by atoms with Gasteiger partial charge in [-0.25, -0.2) is 4.39 Å². The number of aliphatic carboxylic acids is 1. The van der Waals surface area contributed by atoms with Gasteiger partial charge in [0.2, 0.25) is 5.91 Å². The van der Waals surface area contributed by atoms with Crippen LogP contribution in [0.5, 0.6) is 0 Å². The van der Waals surface area contributed by atoms with Crippen LogP contribution in [-0.4, -0.2) is 23.5 Å². The minimum absolute atomic E-state index is 0.248. The lowest BCUT2D eigenvalue weighted by Crippen LogP contribution is -2.34. The summed E-state index contributed by atoms with van der Waals surface area (Å²) >= 11 is 0. The molecular weight excluding hydrogens is 225 g/mol. The summed E-state index contributed by atoms with van der Waals surface area (Å²) in [7, 11) is 0. The SMILES string of the molecule is CC(Cc1ccccc1F)C(=O)NCC(=O)O. The van der Waals surface area contributed by atoms with Crippen LogP contribution in [0.3, 0.4) is 0 Å². The molecule has 0 aliphatic carbocycles. The number of rotatable bonds is 5. The fourth-order valence-corrected chi connectivity index (χ4v) is 1.42. The number of carboxylic acids is 1. The number of carbonyl (C=O) groups excluding carboxylic acids is 1. The van der Waals surface area contributed by atoms with Gasteiger partial charge in [0.15, 0.2) is 0 Å². The van der Waals surface area contributed by atoms with Gasteiger partial charge in [0.1, 0.15) is 12.4 Å². The van der Waals surface area contributed by atoms with Crippen molar-refractivity contribution in [2.75, 3.05) is 6.54 Å². The third-order valence-electron chi connectivity index (χ3n) is 2.35. The molecule has 4 nitrogen and oxygen atoms in total. The number of carboxylic acid groups (broad SMARTS) is 1. The fraction of sp³-hybridized carbons (Fsp3) is 0.333. The van der Waals surface area contributed by atoms with Crippen LogP contribution in [0.1, 0.15) is 12.5 Å². The largest absolute Gasteiger partial charge is 0.480 e. The molecule has 1 aromatic rings. The standard InChI is InChI=1S/C12H14FNO3/c1-8(12(17)14-7-11(15)16)6-9-4-2-3-5-10(9)13/h2-5,8H,6-7H2,1H3,(H,14,17)(H,15,16). The van der Waals surface area contributed by atoms with Crippen LogP contribution >= 0.6 is 0 Å². The maximum Gasteiger partial charge on any atom is 0.322 e. The minimum atomic E-state index is -1.10. The maximum atomic E-state index is 13.3. The summed E-state index contributed by atoms with van der Waals surface area (Å²) < 4.78 is 13.3. The van der Waals surface area contributed by atoms with Gasteiger partial charge in [-0.3, -0.25) is 9.59 Å². The quantitative estimate of drug-likeness (QED) is 0.811. The molecule has 0 saturated carbocycles. The minimum Gasteiger partial charge on any atom is -0.480 e. The summed E-state index contributed by atoms with van der Waals surface area (Å²) in [6.45, 7) is 1.21. The van der Waals surface area contributed by atoms with Gasteiger partial charge in [0, 0.05) is 5.92 Å². The molecule has 2 N–H and O–H groups in total. The molecule has 0 bridgehead atoms. The summed E-state index contributed by atoms with van der Waals surface area (Å²) in [5.74, 6) is -2.32. The van der Waals surface area contributed by atoms with Crippen molar-refractivity contribution in [3.8, 4) is 0 Å². The van der Waals surface area contributed by atoms with Crippen molar-refractivity contribution in [1.29, 1.82) is 0 Å². The van der Waals surface area contributed by atoms with E-state index in [1.165, 1.54) is 6.07 Å². The summed E-state index contributed by atoms with van der Waals surface area (Å²) in [6.07, 6.45) is 0.248. The van der Waals surface area contributed by atoms with Crippen molar-refractivity contribution in [2.45, 2.75) is 13.3 Å². The van der Waals surface area contributed by atoms with E-state index in [1.54, 1.807) is 25.1 Å². The van der Waals surface area contributed by atoms with E-state index in [-0.39, 0.29) is 12.2 Å². The van der Waals surface area contributed by atoms with Crippen LogP contribution < -0.4 is 5.32 Å². The lowest BCUT2D eigenvalue weighted by atomic mass is 10.00. The van der Waals surface area contributed by atoms with Crippen molar-refractivity contribution in [3.05, 3.63) is 35.6 Å². The molecule has 1 aromatic carbocycles. The summed E-state index contributed by atoms with van der Waals surface area (Å²) in [5, 5.41) is 10.7. The molecule has 1 atom stereocenters. The molecule has 1 unspecified atom stereocenters. The zero-order chi connectivity index (χ0) is 12.8. The Morgan fingerprint density at radius 2 is 2.06 bits per heavy atom. The smallest absolute Gasteiger partial charge is 0.322 e. The normalized spacial score (nSPS) is 11.9. The Morgan fingerprint density at radius 1 is 1.41 bits per heavy atom. The Labute approximate surface area is 98.5 Å². The predicted octanol–water partition coefficient (Wildman–Crippen LogP) is 1.21. The van der Waals surface area contributed by atoms with Crippen LogP contribution in [-0.2, 0) is 16.0 Å². The van der Waals surface area contributed by atoms with Crippen molar-refractivity contribution < 1.29 is 19.1 Å².